The molecule has 0 saturated heterocycles. The lowest BCUT2D eigenvalue weighted by Crippen LogP contribution is -2.28. The fraction of sp³-hybridized carbons (Fsp3) is 0.308. The van der Waals surface area contributed by atoms with Gasteiger partial charge in [0.1, 0.15) is 0 Å². The predicted molar refractivity (Wildman–Crippen MR) is 76.0 cm³/mol. The van der Waals surface area contributed by atoms with E-state index in [2.05, 4.69) is 6.58 Å². The van der Waals surface area contributed by atoms with Crippen LogP contribution < -0.4 is 0 Å². The maximum absolute atomic E-state index is 12.2. The minimum absolute atomic E-state index is 0.0770. The van der Waals surface area contributed by atoms with Crippen LogP contribution in [0.25, 0.3) is 0 Å². The Labute approximate surface area is 118 Å². The summed E-state index contributed by atoms with van der Waals surface area (Å²) in [7, 11) is 3.08. The molecule has 1 aromatic carbocycles. The van der Waals surface area contributed by atoms with E-state index in [-0.39, 0.29) is 10.8 Å². The summed E-state index contributed by atoms with van der Waals surface area (Å²) in [6, 6.07) is 4.25. The van der Waals surface area contributed by atoms with E-state index in [1.54, 1.807) is 20.0 Å². The highest BCUT2D eigenvalue weighted by molar-refractivity contribution is 8.13. The third-order valence-electron chi connectivity index (χ3n) is 2.57. The molecule has 1 rings (SSSR count). The molecule has 0 saturated carbocycles. The van der Waals surface area contributed by atoms with Crippen molar-refractivity contribution < 1.29 is 13.2 Å². The molecule has 4 nitrogen and oxygen atoms in total. The van der Waals surface area contributed by atoms with Gasteiger partial charge < -0.3 is 4.90 Å². The first-order valence-corrected chi connectivity index (χ1v) is 7.89. The number of hydrogen-bond donors (Lipinski definition) is 0. The Morgan fingerprint density at radius 3 is 2.47 bits per heavy atom. The standard InChI is InChI=1S/C13H16ClNO3S/c1-9(2)8-15(4)13(16)12-7-11(19(14,17)18)6-5-10(12)3/h5-7H,1,8H2,2-4H3. The van der Waals surface area contributed by atoms with E-state index in [0.717, 1.165) is 5.57 Å². The van der Waals surface area contributed by atoms with Crippen molar-refractivity contribution in [2.24, 2.45) is 0 Å². The Morgan fingerprint density at radius 2 is 2.00 bits per heavy atom. The van der Waals surface area contributed by atoms with Crippen molar-refractivity contribution in [2.45, 2.75) is 18.7 Å². The van der Waals surface area contributed by atoms with Crippen molar-refractivity contribution in [3.63, 3.8) is 0 Å². The average molecular weight is 302 g/mol. The van der Waals surface area contributed by atoms with E-state index in [0.29, 0.717) is 17.7 Å². The minimum Gasteiger partial charge on any atom is -0.338 e. The zero-order valence-electron chi connectivity index (χ0n) is 11.1. The van der Waals surface area contributed by atoms with Crippen LogP contribution in [0.15, 0.2) is 35.2 Å². The molecule has 0 aliphatic heterocycles. The van der Waals surface area contributed by atoms with Gasteiger partial charge in [-0.05, 0) is 31.5 Å². The van der Waals surface area contributed by atoms with Gasteiger partial charge >= 0.3 is 0 Å². The van der Waals surface area contributed by atoms with Gasteiger partial charge in [0.15, 0.2) is 0 Å². The van der Waals surface area contributed by atoms with Gasteiger partial charge in [0.2, 0.25) is 0 Å². The second kappa shape index (κ2) is 5.75. The molecule has 0 radical (unpaired) electrons. The summed E-state index contributed by atoms with van der Waals surface area (Å²) in [5.74, 6) is -0.261. The molecule has 0 N–H and O–H groups in total. The van der Waals surface area contributed by atoms with E-state index in [1.807, 2.05) is 6.92 Å². The Hall–Kier alpha value is -1.33. The fourth-order valence-electron chi connectivity index (χ4n) is 1.67. The summed E-state index contributed by atoms with van der Waals surface area (Å²) in [6.45, 7) is 7.71. The molecule has 0 heterocycles. The first-order valence-electron chi connectivity index (χ1n) is 5.58. The zero-order valence-corrected chi connectivity index (χ0v) is 12.7. The van der Waals surface area contributed by atoms with Gasteiger partial charge in [-0.25, -0.2) is 8.42 Å². The van der Waals surface area contributed by atoms with Crippen molar-refractivity contribution in [1.82, 2.24) is 4.90 Å². The average Bonchev–Trinajstić information content (AvgIpc) is 2.26. The zero-order chi connectivity index (χ0) is 14.8. The first-order chi connectivity index (χ1) is 8.62. The Bertz CT molecular complexity index is 623. The number of benzene rings is 1. The number of rotatable bonds is 4. The van der Waals surface area contributed by atoms with Crippen LogP contribution in [-0.2, 0) is 9.05 Å². The summed E-state index contributed by atoms with van der Waals surface area (Å²) in [5.41, 5.74) is 1.86. The van der Waals surface area contributed by atoms with Gasteiger partial charge in [-0.15, -0.1) is 0 Å². The fourth-order valence-corrected chi connectivity index (χ4v) is 2.44. The molecule has 0 aliphatic carbocycles. The van der Waals surface area contributed by atoms with Crippen LogP contribution in [0.2, 0.25) is 0 Å². The van der Waals surface area contributed by atoms with Crippen LogP contribution in [-0.4, -0.2) is 32.8 Å². The third-order valence-corrected chi connectivity index (χ3v) is 3.93. The van der Waals surface area contributed by atoms with Crippen molar-refractivity contribution >= 4 is 25.6 Å². The topological polar surface area (TPSA) is 54.5 Å². The van der Waals surface area contributed by atoms with Gasteiger partial charge in [-0.2, -0.15) is 0 Å². The summed E-state index contributed by atoms with van der Waals surface area (Å²) in [6.07, 6.45) is 0. The van der Waals surface area contributed by atoms with Crippen molar-refractivity contribution in [3.05, 3.63) is 41.5 Å². The molecule has 0 fully saturated rings. The Balaban J connectivity index is 3.20. The lowest BCUT2D eigenvalue weighted by molar-refractivity contribution is 0.0806. The van der Waals surface area contributed by atoms with Crippen molar-refractivity contribution in [2.75, 3.05) is 13.6 Å². The molecule has 19 heavy (non-hydrogen) atoms. The van der Waals surface area contributed by atoms with Gasteiger partial charge in [0.25, 0.3) is 15.0 Å². The monoisotopic (exact) mass is 301 g/mol. The highest BCUT2D eigenvalue weighted by atomic mass is 35.7. The van der Waals surface area contributed by atoms with Crippen LogP contribution in [0.4, 0.5) is 0 Å². The lowest BCUT2D eigenvalue weighted by Gasteiger charge is -2.18. The molecule has 6 heteroatoms. The molecule has 0 unspecified atom stereocenters. The Morgan fingerprint density at radius 1 is 1.42 bits per heavy atom. The number of carbonyl (C=O) groups excluding carboxylic acids is 1. The van der Waals surface area contributed by atoms with Crippen molar-refractivity contribution in [1.29, 1.82) is 0 Å². The number of amides is 1. The molecule has 0 aromatic heterocycles. The lowest BCUT2D eigenvalue weighted by atomic mass is 10.1. The van der Waals surface area contributed by atoms with Crippen molar-refractivity contribution in [3.8, 4) is 0 Å². The van der Waals surface area contributed by atoms with Gasteiger partial charge in [0.05, 0.1) is 4.90 Å². The van der Waals surface area contributed by atoms with E-state index in [4.69, 9.17) is 10.7 Å². The molecule has 1 aromatic rings. The number of likely N-dealkylation sites (N-methyl/N-ethyl adjacent to an activating group) is 1. The summed E-state index contributed by atoms with van der Waals surface area (Å²) < 4.78 is 22.6. The van der Waals surface area contributed by atoms with Gasteiger partial charge in [0, 0.05) is 29.8 Å². The maximum atomic E-state index is 12.2. The molecule has 0 aliphatic rings. The van der Waals surface area contributed by atoms with Gasteiger partial charge in [-0.3, -0.25) is 4.79 Å². The molecule has 0 bridgehead atoms. The molecule has 104 valence electrons. The highest BCUT2D eigenvalue weighted by Gasteiger charge is 2.18. The summed E-state index contributed by atoms with van der Waals surface area (Å²) >= 11 is 0. The van der Waals surface area contributed by atoms with Crippen LogP contribution in [0.3, 0.4) is 0 Å². The second-order valence-electron chi connectivity index (χ2n) is 4.53. The molecular weight excluding hydrogens is 286 g/mol. The van der Waals surface area contributed by atoms with Gasteiger partial charge in [-0.1, -0.05) is 18.2 Å². The molecule has 1 amide bonds. The quantitative estimate of drug-likeness (QED) is 0.634. The van der Waals surface area contributed by atoms with E-state index < -0.39 is 9.05 Å². The molecular formula is C13H16ClNO3S. The maximum Gasteiger partial charge on any atom is 0.261 e. The number of hydrogen-bond acceptors (Lipinski definition) is 3. The normalized spacial score (nSPS) is 11.2. The summed E-state index contributed by atoms with van der Waals surface area (Å²) in [4.78, 5) is 13.6. The SMILES string of the molecule is C=C(C)CN(C)C(=O)c1cc(S(=O)(=O)Cl)ccc1C. The Kier molecular flexibility index (Phi) is 4.76. The number of halogens is 1. The summed E-state index contributed by atoms with van der Waals surface area (Å²) in [5, 5.41) is 0. The van der Waals surface area contributed by atoms with E-state index >= 15 is 0 Å². The van der Waals surface area contributed by atoms with E-state index in [9.17, 15) is 13.2 Å². The first kappa shape index (κ1) is 15.7. The van der Waals surface area contributed by atoms with Crippen LogP contribution in [0.1, 0.15) is 22.8 Å². The molecule has 0 spiro atoms. The largest absolute Gasteiger partial charge is 0.338 e. The van der Waals surface area contributed by atoms with Crippen LogP contribution >= 0.6 is 10.7 Å². The highest BCUT2D eigenvalue weighted by Crippen LogP contribution is 2.20. The number of nitrogens with zero attached hydrogens (tertiary/aromatic N) is 1. The second-order valence-corrected chi connectivity index (χ2v) is 7.10. The third kappa shape index (κ3) is 4.08. The number of aryl methyl sites for hydroxylation is 1. The van der Waals surface area contributed by atoms with Crippen LogP contribution in [0, 0.1) is 6.92 Å². The van der Waals surface area contributed by atoms with Crippen LogP contribution in [0.5, 0.6) is 0 Å². The number of carbonyl (C=O) groups is 1. The molecule has 0 atom stereocenters. The smallest absolute Gasteiger partial charge is 0.261 e. The van der Waals surface area contributed by atoms with E-state index in [1.165, 1.54) is 17.0 Å². The predicted octanol–water partition coefficient (Wildman–Crippen LogP) is 2.57. The minimum atomic E-state index is -3.84.